The maximum Gasteiger partial charge on any atom is 0.423 e. The number of nitrogens with one attached hydrogen (secondary N) is 1. The number of hydrazone groups is 1. The van der Waals surface area contributed by atoms with Crippen molar-refractivity contribution < 1.29 is 66.7 Å². The van der Waals surface area contributed by atoms with E-state index in [1.54, 1.807) is 24.3 Å². The average molecular weight is 866 g/mol. The van der Waals surface area contributed by atoms with Crippen molar-refractivity contribution in [2.24, 2.45) is 5.10 Å². The number of hydrogen-bond acceptors (Lipinski definition) is 18. The smallest absolute Gasteiger partial charge is 0.423 e. The van der Waals surface area contributed by atoms with Crippen molar-refractivity contribution in [3.05, 3.63) is 122 Å². The van der Waals surface area contributed by atoms with Gasteiger partial charge in [-0.15, -0.1) is 0 Å². The van der Waals surface area contributed by atoms with Gasteiger partial charge in [0.25, 0.3) is 0 Å². The van der Waals surface area contributed by atoms with Gasteiger partial charge in [-0.3, -0.25) is 5.43 Å². The first kappa shape index (κ1) is 45.2. The highest BCUT2D eigenvalue weighted by molar-refractivity contribution is 7.22. The fourth-order valence-corrected chi connectivity index (χ4v) is 5.72. The maximum atomic E-state index is 12.9. The van der Waals surface area contributed by atoms with Crippen molar-refractivity contribution in [2.45, 2.75) is 25.7 Å². The van der Waals surface area contributed by atoms with Gasteiger partial charge in [0, 0.05) is 17.7 Å². The number of unbranched alkanes of at least 4 members (excludes halogenated alkanes) is 2. The molecule has 0 amide bonds. The molecule has 4 aromatic carbocycles. The highest BCUT2D eigenvalue weighted by Gasteiger charge is 2.23. The number of aromatic nitrogens is 1. The maximum absolute atomic E-state index is 12.9. The molecular formula is C44H39N3O14S. The fourth-order valence-electron chi connectivity index (χ4n) is 4.91. The molecule has 320 valence electrons. The number of anilines is 1. The zero-order valence-electron chi connectivity index (χ0n) is 33.0. The number of rotatable bonds is 21. The largest absolute Gasteiger partial charge is 0.494 e. The molecule has 0 spiro atoms. The number of benzene rings is 4. The van der Waals surface area contributed by atoms with E-state index in [4.69, 9.17) is 37.9 Å². The third-order valence-electron chi connectivity index (χ3n) is 7.89. The van der Waals surface area contributed by atoms with E-state index in [0.29, 0.717) is 55.5 Å². The summed E-state index contributed by atoms with van der Waals surface area (Å²) in [5.74, 6) is -5.71. The molecule has 0 bridgehead atoms. The molecule has 1 aromatic heterocycles. The van der Waals surface area contributed by atoms with Crippen molar-refractivity contribution in [2.75, 3.05) is 31.9 Å². The van der Waals surface area contributed by atoms with E-state index < -0.39 is 35.8 Å². The predicted octanol–water partition coefficient (Wildman–Crippen LogP) is 6.54. The Balaban J connectivity index is 1.17. The Hall–Kier alpha value is -7.86. The van der Waals surface area contributed by atoms with Crippen LogP contribution < -0.4 is 33.8 Å². The van der Waals surface area contributed by atoms with Crippen molar-refractivity contribution in [1.29, 1.82) is 0 Å². The summed E-state index contributed by atoms with van der Waals surface area (Å²) in [6, 6.07) is 23.0. The summed E-state index contributed by atoms with van der Waals surface area (Å²) in [4.78, 5) is 77.7. The number of esters is 6. The lowest BCUT2D eigenvalue weighted by Gasteiger charge is -2.10. The number of carbonyl (C=O) groups is 6. The second kappa shape index (κ2) is 23.7. The summed E-state index contributed by atoms with van der Waals surface area (Å²) in [6.07, 6.45) is 5.81. The second-order valence-corrected chi connectivity index (χ2v) is 13.4. The van der Waals surface area contributed by atoms with Crippen LogP contribution in [0.3, 0.4) is 0 Å². The first-order valence-corrected chi connectivity index (χ1v) is 19.6. The van der Waals surface area contributed by atoms with Crippen LogP contribution in [0.15, 0.2) is 121 Å². The summed E-state index contributed by atoms with van der Waals surface area (Å²) in [5, 5.41) is 4.61. The SMILES string of the molecule is C=CC(=O)OCCCCOc1ccc(OC(=O)C(=O)Oc2ccc(OC(=O)C(=O)Oc3ccc(OCCCCOC(=O)C=C)cc3)c(/C=N/Nc3nc4ccccc4s3)c2)cc1. The van der Waals surface area contributed by atoms with Gasteiger partial charge in [0.15, 0.2) is 0 Å². The number of fused-ring (bicyclic) bond motifs is 1. The van der Waals surface area contributed by atoms with Crippen LogP contribution in [0.2, 0.25) is 0 Å². The van der Waals surface area contributed by atoms with E-state index >= 15 is 0 Å². The Morgan fingerprint density at radius 2 is 1.05 bits per heavy atom. The molecule has 62 heavy (non-hydrogen) atoms. The molecule has 0 unspecified atom stereocenters. The lowest BCUT2D eigenvalue weighted by atomic mass is 10.2. The molecule has 0 fully saturated rings. The van der Waals surface area contributed by atoms with Crippen LogP contribution in [0.5, 0.6) is 34.5 Å². The van der Waals surface area contributed by atoms with Crippen LogP contribution in [0.25, 0.3) is 10.2 Å². The lowest BCUT2D eigenvalue weighted by molar-refractivity contribution is -0.156. The highest BCUT2D eigenvalue weighted by atomic mass is 32.1. The highest BCUT2D eigenvalue weighted by Crippen LogP contribution is 2.27. The number of nitrogens with zero attached hydrogens (tertiary/aromatic N) is 2. The Labute approximate surface area is 358 Å². The van der Waals surface area contributed by atoms with Gasteiger partial charge in [-0.25, -0.2) is 33.8 Å². The summed E-state index contributed by atoms with van der Waals surface area (Å²) in [5.41, 5.74) is 3.58. The molecule has 17 nitrogen and oxygen atoms in total. The van der Waals surface area contributed by atoms with Crippen LogP contribution in [-0.4, -0.2) is 73.4 Å². The Bertz CT molecular complexity index is 2380. The Kier molecular flexibility index (Phi) is 17.3. The molecular weight excluding hydrogens is 827 g/mol. The van der Waals surface area contributed by atoms with Gasteiger partial charge in [-0.2, -0.15) is 5.10 Å². The topological polar surface area (TPSA) is 214 Å². The number of para-hydroxylation sites is 1. The van der Waals surface area contributed by atoms with Crippen LogP contribution in [-0.2, 0) is 38.2 Å². The minimum atomic E-state index is -1.38. The Morgan fingerprint density at radius 1 is 0.581 bits per heavy atom. The Morgan fingerprint density at radius 3 is 1.58 bits per heavy atom. The van der Waals surface area contributed by atoms with Crippen LogP contribution in [0.4, 0.5) is 5.13 Å². The molecule has 0 radical (unpaired) electrons. The lowest BCUT2D eigenvalue weighted by Crippen LogP contribution is -2.26. The van der Waals surface area contributed by atoms with Crippen molar-refractivity contribution >= 4 is 68.7 Å². The number of hydrogen-bond donors (Lipinski definition) is 1. The molecule has 1 N–H and O–H groups in total. The molecule has 18 heteroatoms. The molecule has 0 saturated carbocycles. The number of carbonyl (C=O) groups excluding carboxylic acids is 6. The number of thiazole rings is 1. The van der Waals surface area contributed by atoms with E-state index in [1.165, 1.54) is 60.0 Å². The van der Waals surface area contributed by atoms with Gasteiger partial charge in [-0.1, -0.05) is 36.6 Å². The van der Waals surface area contributed by atoms with Gasteiger partial charge >= 0.3 is 35.8 Å². The molecule has 1 heterocycles. The van der Waals surface area contributed by atoms with Crippen molar-refractivity contribution in [1.82, 2.24) is 4.98 Å². The van der Waals surface area contributed by atoms with Crippen molar-refractivity contribution in [3.8, 4) is 34.5 Å². The predicted molar refractivity (Wildman–Crippen MR) is 224 cm³/mol. The fraction of sp³-hybridized carbons (Fsp3) is 0.182. The average Bonchev–Trinajstić information content (AvgIpc) is 3.70. The van der Waals surface area contributed by atoms with Gasteiger partial charge in [0.1, 0.15) is 34.5 Å². The van der Waals surface area contributed by atoms with Crippen LogP contribution >= 0.6 is 11.3 Å². The van der Waals surface area contributed by atoms with Crippen LogP contribution in [0, 0.1) is 0 Å². The quantitative estimate of drug-likeness (QED) is 0.0158. The van der Waals surface area contributed by atoms with E-state index in [2.05, 4.69) is 28.7 Å². The normalized spacial score (nSPS) is 10.6. The standard InChI is InChI=1S/C44H39N3O14S/c1-3-38(48)56-25-9-7-23-54-30-13-17-32(18-14-30)58-40(50)41(51)60-34-21-22-36(29(27-34)28-45-47-44-46-35-11-5-6-12-37(35)62-44)61-43(53)42(52)59-33-19-15-31(16-20-33)55-24-8-10-26-57-39(49)4-2/h3-6,11-22,27-28H,1-2,7-10,23-26H2,(H,46,47)/b45-28+. The van der Waals surface area contributed by atoms with E-state index in [0.717, 1.165) is 22.4 Å². The molecule has 0 aliphatic carbocycles. The van der Waals surface area contributed by atoms with Crippen LogP contribution in [0.1, 0.15) is 31.2 Å². The summed E-state index contributed by atoms with van der Waals surface area (Å²) < 4.78 is 42.9. The van der Waals surface area contributed by atoms with Gasteiger partial charge in [0.2, 0.25) is 5.13 Å². The monoisotopic (exact) mass is 865 g/mol. The first-order valence-electron chi connectivity index (χ1n) is 18.8. The third-order valence-corrected chi connectivity index (χ3v) is 8.83. The van der Waals surface area contributed by atoms with Gasteiger partial charge in [0.05, 0.1) is 42.9 Å². The molecule has 0 aliphatic rings. The van der Waals surface area contributed by atoms with E-state index in [9.17, 15) is 28.8 Å². The molecule has 5 rings (SSSR count). The van der Waals surface area contributed by atoms with Gasteiger partial charge in [-0.05, 0) is 105 Å². The van der Waals surface area contributed by atoms with Crippen molar-refractivity contribution in [3.63, 3.8) is 0 Å². The minimum Gasteiger partial charge on any atom is -0.494 e. The summed E-state index contributed by atoms with van der Waals surface area (Å²) in [6.45, 7) is 7.83. The van der Waals surface area contributed by atoms with Gasteiger partial charge < -0.3 is 37.9 Å². The molecule has 0 saturated heterocycles. The second-order valence-electron chi connectivity index (χ2n) is 12.4. The van der Waals surface area contributed by atoms with E-state index in [-0.39, 0.29) is 41.8 Å². The number of ether oxygens (including phenoxy) is 8. The molecule has 0 aliphatic heterocycles. The first-order chi connectivity index (χ1) is 30.1. The summed E-state index contributed by atoms with van der Waals surface area (Å²) in [7, 11) is 0. The zero-order chi connectivity index (χ0) is 44.1. The molecule has 5 aromatic rings. The molecule has 0 atom stereocenters. The van der Waals surface area contributed by atoms with E-state index in [1.807, 2.05) is 24.3 Å². The minimum absolute atomic E-state index is 0.0355. The third kappa shape index (κ3) is 14.8. The zero-order valence-corrected chi connectivity index (χ0v) is 33.8. The summed E-state index contributed by atoms with van der Waals surface area (Å²) >= 11 is 1.33.